The SMILES string of the molecule is CCCCCCC/C=C\C/C=C\CCCCCCCCCCCCCCCCCCCCCCCCCCCCCC(=O)OC(COC(=O)CCCCCCCCCCCCCCCCCCCCCCCCC)COC(OCC[N+](C)(C)C)C(=O)O. The lowest BCUT2D eigenvalue weighted by Crippen LogP contribution is -2.40. The molecule has 0 amide bonds. The molecule has 2 unspecified atom stereocenters. The van der Waals surface area contributed by atoms with E-state index in [-0.39, 0.29) is 38.2 Å². The Bertz CT molecular complexity index is 1480. The molecule has 0 aliphatic heterocycles. The molecule has 0 heterocycles. The number of quaternary nitrogens is 1. The molecule has 1 N–H and O–H groups in total. The maximum absolute atomic E-state index is 13.0. The average Bonchev–Trinajstić information content (AvgIpc) is 3.55. The summed E-state index contributed by atoms with van der Waals surface area (Å²) in [6, 6.07) is 0. The minimum atomic E-state index is -1.51. The monoisotopic (exact) mass is 1230 g/mol. The highest BCUT2D eigenvalue weighted by Crippen LogP contribution is 2.20. The Morgan fingerprint density at radius 1 is 0.345 bits per heavy atom. The lowest BCUT2D eigenvalue weighted by Gasteiger charge is -2.25. The summed E-state index contributed by atoms with van der Waals surface area (Å²) in [5.74, 6) is -1.97. The van der Waals surface area contributed by atoms with Crippen LogP contribution in [0.4, 0.5) is 0 Å². The Kier molecular flexibility index (Phi) is 67.9. The molecule has 514 valence electrons. The van der Waals surface area contributed by atoms with Gasteiger partial charge >= 0.3 is 17.9 Å². The van der Waals surface area contributed by atoms with Crippen LogP contribution in [0, 0.1) is 0 Å². The van der Waals surface area contributed by atoms with Crippen LogP contribution in [0.3, 0.4) is 0 Å². The van der Waals surface area contributed by atoms with Crippen molar-refractivity contribution in [2.75, 3.05) is 47.5 Å². The molecular formula is C78H150NO8+. The van der Waals surface area contributed by atoms with Gasteiger partial charge in [-0.05, 0) is 44.9 Å². The average molecular weight is 1230 g/mol. The molecule has 87 heavy (non-hydrogen) atoms. The van der Waals surface area contributed by atoms with Crippen molar-refractivity contribution in [2.45, 2.75) is 411 Å². The number of carbonyl (C=O) groups is 3. The van der Waals surface area contributed by atoms with Crippen LogP contribution >= 0.6 is 0 Å². The van der Waals surface area contributed by atoms with E-state index in [2.05, 4.69) is 38.2 Å². The van der Waals surface area contributed by atoms with Crippen LogP contribution in [0.25, 0.3) is 0 Å². The number of carboxylic acids is 1. The fourth-order valence-electron chi connectivity index (χ4n) is 11.8. The lowest BCUT2D eigenvalue weighted by molar-refractivity contribution is -0.870. The number of nitrogens with zero attached hydrogens (tertiary/aromatic N) is 1. The van der Waals surface area contributed by atoms with Crippen LogP contribution in [0.1, 0.15) is 399 Å². The topological polar surface area (TPSA) is 108 Å². The summed E-state index contributed by atoms with van der Waals surface area (Å²) in [5, 5.41) is 9.76. The van der Waals surface area contributed by atoms with Gasteiger partial charge in [-0.2, -0.15) is 0 Å². The van der Waals surface area contributed by atoms with Gasteiger partial charge in [0.15, 0.2) is 6.10 Å². The van der Waals surface area contributed by atoms with Crippen molar-refractivity contribution in [1.29, 1.82) is 0 Å². The van der Waals surface area contributed by atoms with Gasteiger partial charge in [0.05, 0.1) is 34.4 Å². The number of hydrogen-bond donors (Lipinski definition) is 1. The number of carboxylic acid groups (broad SMARTS) is 1. The Morgan fingerprint density at radius 3 is 0.908 bits per heavy atom. The Labute approximate surface area is 541 Å². The van der Waals surface area contributed by atoms with Crippen LogP contribution < -0.4 is 0 Å². The molecule has 0 aromatic rings. The number of hydrogen-bond acceptors (Lipinski definition) is 7. The first kappa shape index (κ1) is 84.8. The molecule has 0 radical (unpaired) electrons. The van der Waals surface area contributed by atoms with Crippen molar-refractivity contribution < 1.29 is 42.9 Å². The second-order valence-electron chi connectivity index (χ2n) is 27.7. The molecule has 0 aromatic carbocycles. The predicted molar refractivity (Wildman–Crippen MR) is 374 cm³/mol. The summed E-state index contributed by atoms with van der Waals surface area (Å²) >= 11 is 0. The summed E-state index contributed by atoms with van der Waals surface area (Å²) in [6.45, 7) is 4.95. The molecule has 9 nitrogen and oxygen atoms in total. The second-order valence-corrected chi connectivity index (χ2v) is 27.7. The largest absolute Gasteiger partial charge is 0.477 e. The summed E-state index contributed by atoms with van der Waals surface area (Å²) in [4.78, 5) is 37.7. The quantitative estimate of drug-likeness (QED) is 0.0211. The number of aliphatic carboxylic acids is 1. The van der Waals surface area contributed by atoms with Gasteiger partial charge in [0, 0.05) is 12.8 Å². The molecule has 0 saturated carbocycles. The van der Waals surface area contributed by atoms with E-state index in [1.807, 2.05) is 21.1 Å². The normalized spacial score (nSPS) is 12.7. The number of carbonyl (C=O) groups excluding carboxylic acids is 2. The number of allylic oxidation sites excluding steroid dienone is 4. The van der Waals surface area contributed by atoms with E-state index >= 15 is 0 Å². The Balaban J connectivity index is 3.94. The minimum absolute atomic E-state index is 0.173. The van der Waals surface area contributed by atoms with Gasteiger partial charge in [0.25, 0.3) is 6.29 Å². The summed E-state index contributed by atoms with van der Waals surface area (Å²) in [7, 11) is 6.00. The smallest absolute Gasteiger partial charge is 0.361 e. The van der Waals surface area contributed by atoms with E-state index in [0.29, 0.717) is 17.4 Å². The van der Waals surface area contributed by atoms with Gasteiger partial charge in [-0.15, -0.1) is 0 Å². The molecule has 9 heteroatoms. The maximum atomic E-state index is 13.0. The zero-order valence-corrected chi connectivity index (χ0v) is 59.0. The van der Waals surface area contributed by atoms with Gasteiger partial charge in [-0.25, -0.2) is 4.79 Å². The van der Waals surface area contributed by atoms with E-state index in [4.69, 9.17) is 18.9 Å². The zero-order chi connectivity index (χ0) is 63.3. The fraction of sp³-hybridized carbons (Fsp3) is 0.910. The third kappa shape index (κ3) is 71.1. The zero-order valence-electron chi connectivity index (χ0n) is 59.0. The standard InChI is InChI=1S/C78H149NO8/c1-6-8-10-12-14-16-18-20-22-24-26-28-30-31-32-33-34-35-36-37-38-39-40-41-42-43-44-45-47-49-51-53-55-57-59-61-63-65-67-69-76(81)87-74(73-86-78(77(82)83)84-71-70-79(3,4)5)72-85-75(80)68-66-64-62-60-58-56-54-52-50-48-46-29-27-25-23-21-19-17-15-13-11-9-7-2/h18,20,24,26,74,78H,6-17,19,21-23,25,27-73H2,1-5H3/p+1/b20-18-,26-24-. The summed E-state index contributed by atoms with van der Waals surface area (Å²) in [5.41, 5.74) is 0. The van der Waals surface area contributed by atoms with Crippen molar-refractivity contribution in [2.24, 2.45) is 0 Å². The van der Waals surface area contributed by atoms with Crippen LogP contribution in [0.15, 0.2) is 24.3 Å². The van der Waals surface area contributed by atoms with Crippen molar-refractivity contribution in [3.8, 4) is 0 Å². The first-order valence-corrected chi connectivity index (χ1v) is 38.5. The van der Waals surface area contributed by atoms with Crippen molar-refractivity contribution >= 4 is 17.9 Å². The molecule has 0 spiro atoms. The van der Waals surface area contributed by atoms with Crippen LogP contribution in [-0.4, -0.2) is 87.4 Å². The molecule has 0 aromatic heterocycles. The molecule has 0 saturated heterocycles. The molecule has 0 aliphatic carbocycles. The van der Waals surface area contributed by atoms with Crippen LogP contribution in [-0.2, 0) is 33.3 Å². The highest BCUT2D eigenvalue weighted by atomic mass is 16.7. The first-order valence-electron chi connectivity index (χ1n) is 38.5. The molecule has 0 fully saturated rings. The number of likely N-dealkylation sites (N-methyl/N-ethyl adjacent to an activating group) is 1. The van der Waals surface area contributed by atoms with Crippen molar-refractivity contribution in [3.63, 3.8) is 0 Å². The van der Waals surface area contributed by atoms with E-state index in [1.54, 1.807) is 0 Å². The van der Waals surface area contributed by atoms with Gasteiger partial charge < -0.3 is 28.5 Å². The fourth-order valence-corrected chi connectivity index (χ4v) is 11.8. The number of ether oxygens (including phenoxy) is 4. The van der Waals surface area contributed by atoms with Crippen molar-refractivity contribution in [1.82, 2.24) is 0 Å². The number of rotatable bonds is 73. The summed E-state index contributed by atoms with van der Waals surface area (Å²) < 4.78 is 23.0. The van der Waals surface area contributed by atoms with Gasteiger partial charge in [-0.1, -0.05) is 366 Å². The highest BCUT2D eigenvalue weighted by Gasteiger charge is 2.25. The first-order chi connectivity index (χ1) is 42.6. The van der Waals surface area contributed by atoms with Crippen LogP contribution in [0.2, 0.25) is 0 Å². The van der Waals surface area contributed by atoms with Crippen molar-refractivity contribution in [3.05, 3.63) is 24.3 Å². The van der Waals surface area contributed by atoms with Gasteiger partial charge in [-0.3, -0.25) is 9.59 Å². The number of unbranched alkanes of at least 4 members (excludes halogenated alkanes) is 54. The molecule has 0 aliphatic rings. The predicted octanol–water partition coefficient (Wildman–Crippen LogP) is 24.1. The molecule has 0 bridgehead atoms. The highest BCUT2D eigenvalue weighted by molar-refractivity contribution is 5.71. The third-order valence-electron chi connectivity index (χ3n) is 17.7. The Hall–Kier alpha value is -2.23. The van der Waals surface area contributed by atoms with E-state index in [1.165, 1.54) is 327 Å². The minimum Gasteiger partial charge on any atom is -0.477 e. The molecule has 2 atom stereocenters. The Morgan fingerprint density at radius 2 is 0.621 bits per heavy atom. The molecular weight excluding hydrogens is 1080 g/mol. The van der Waals surface area contributed by atoms with E-state index < -0.39 is 18.4 Å². The van der Waals surface area contributed by atoms with Gasteiger partial charge in [0.2, 0.25) is 0 Å². The molecule has 0 rings (SSSR count). The maximum Gasteiger partial charge on any atom is 0.361 e. The third-order valence-corrected chi connectivity index (χ3v) is 17.7. The summed E-state index contributed by atoms with van der Waals surface area (Å²) in [6.07, 6.45) is 84.7. The second kappa shape index (κ2) is 69.7. The van der Waals surface area contributed by atoms with Gasteiger partial charge in [0.1, 0.15) is 13.2 Å². The number of esters is 2. The van der Waals surface area contributed by atoms with E-state index in [9.17, 15) is 19.5 Å². The van der Waals surface area contributed by atoms with Crippen LogP contribution in [0.5, 0.6) is 0 Å². The lowest BCUT2D eigenvalue weighted by atomic mass is 10.0. The van der Waals surface area contributed by atoms with E-state index in [0.717, 1.165) is 44.9 Å².